The number of benzene rings is 2. The van der Waals surface area contributed by atoms with Crippen molar-refractivity contribution in [3.63, 3.8) is 0 Å². The topological polar surface area (TPSA) is 26.3 Å². The number of ether oxygens (including phenoxy) is 1. The summed E-state index contributed by atoms with van der Waals surface area (Å²) in [6, 6.07) is 13.9. The van der Waals surface area contributed by atoms with Crippen LogP contribution in [0.4, 0.5) is 0 Å². The van der Waals surface area contributed by atoms with Crippen molar-refractivity contribution < 1.29 is 9.53 Å². The Morgan fingerprint density at radius 2 is 1.89 bits per heavy atom. The smallest absolute Gasteiger partial charge is 0.163 e. The van der Waals surface area contributed by atoms with Crippen LogP contribution in [0.25, 0.3) is 10.8 Å². The number of rotatable bonds is 6. The number of Topliss-reactive ketones (excluding diaryl/α,β-unsaturated/α-hetero) is 1. The summed E-state index contributed by atoms with van der Waals surface area (Å²) in [4.78, 5) is 12.2. The van der Waals surface area contributed by atoms with Gasteiger partial charge in [0.05, 0.1) is 0 Å². The van der Waals surface area contributed by atoms with Crippen LogP contribution in [0.15, 0.2) is 42.5 Å². The maximum Gasteiger partial charge on any atom is 0.163 e. The molecule has 0 N–H and O–H groups in total. The number of hydrogen-bond donors (Lipinski definition) is 0. The Labute approximate surface area is 108 Å². The van der Waals surface area contributed by atoms with Crippen LogP contribution in [-0.2, 0) is 4.74 Å². The van der Waals surface area contributed by atoms with E-state index < -0.39 is 0 Å². The molecule has 2 heteroatoms. The summed E-state index contributed by atoms with van der Waals surface area (Å²) in [6.45, 7) is 3.34. The lowest BCUT2D eigenvalue weighted by Gasteiger charge is -2.05. The number of fused-ring (bicyclic) bond motifs is 1. The molecule has 0 aliphatic heterocycles. The molecule has 0 aromatic heterocycles. The van der Waals surface area contributed by atoms with Gasteiger partial charge in [0, 0.05) is 25.2 Å². The molecule has 2 rings (SSSR count). The predicted octanol–water partition coefficient (Wildman–Crippen LogP) is 3.84. The molecule has 2 aromatic carbocycles. The largest absolute Gasteiger partial charge is 0.382 e. The van der Waals surface area contributed by atoms with Crippen LogP contribution < -0.4 is 0 Å². The number of hydrogen-bond acceptors (Lipinski definition) is 2. The molecule has 2 nitrogen and oxygen atoms in total. The molecule has 0 aliphatic carbocycles. The van der Waals surface area contributed by atoms with Gasteiger partial charge in [0.1, 0.15) is 0 Å². The fourth-order valence-corrected chi connectivity index (χ4v) is 2.08. The van der Waals surface area contributed by atoms with Crippen LogP contribution in [0.5, 0.6) is 0 Å². The Hall–Kier alpha value is -1.67. The predicted molar refractivity (Wildman–Crippen MR) is 74.0 cm³/mol. The molecule has 0 saturated carbocycles. The van der Waals surface area contributed by atoms with Gasteiger partial charge in [-0.3, -0.25) is 4.79 Å². The first-order valence-electron chi connectivity index (χ1n) is 6.41. The second-order valence-corrected chi connectivity index (χ2v) is 4.25. The molecule has 0 heterocycles. The van der Waals surface area contributed by atoms with Gasteiger partial charge in [-0.1, -0.05) is 42.5 Å². The first-order chi connectivity index (χ1) is 8.83. The van der Waals surface area contributed by atoms with Crippen molar-refractivity contribution in [3.05, 3.63) is 48.0 Å². The van der Waals surface area contributed by atoms with Crippen LogP contribution in [-0.4, -0.2) is 19.0 Å². The minimum Gasteiger partial charge on any atom is -0.382 e. The molecule has 0 radical (unpaired) electrons. The molecule has 2 aromatic rings. The molecule has 0 fully saturated rings. The summed E-state index contributed by atoms with van der Waals surface area (Å²) in [6.07, 6.45) is 1.34. The van der Waals surface area contributed by atoms with Gasteiger partial charge in [-0.25, -0.2) is 0 Å². The van der Waals surface area contributed by atoms with Gasteiger partial charge in [0.15, 0.2) is 5.78 Å². The maximum absolute atomic E-state index is 12.2. The molecule has 0 bridgehead atoms. The Morgan fingerprint density at radius 1 is 1.11 bits per heavy atom. The van der Waals surface area contributed by atoms with Crippen molar-refractivity contribution in [1.29, 1.82) is 0 Å². The van der Waals surface area contributed by atoms with Gasteiger partial charge < -0.3 is 4.74 Å². The minimum atomic E-state index is 0.200. The normalized spacial score (nSPS) is 10.7. The maximum atomic E-state index is 12.2. The average Bonchev–Trinajstić information content (AvgIpc) is 2.43. The average molecular weight is 242 g/mol. The highest BCUT2D eigenvalue weighted by Gasteiger charge is 2.08. The number of ketones is 1. The van der Waals surface area contributed by atoms with Crippen molar-refractivity contribution >= 4 is 16.6 Å². The molecule has 0 saturated heterocycles. The molecule has 0 unspecified atom stereocenters. The number of carbonyl (C=O) groups excluding carboxylic acids is 1. The van der Waals surface area contributed by atoms with E-state index in [1.54, 1.807) is 0 Å². The third-order valence-corrected chi connectivity index (χ3v) is 2.99. The molecular formula is C16H18O2. The monoisotopic (exact) mass is 242 g/mol. The molecule has 18 heavy (non-hydrogen) atoms. The van der Waals surface area contributed by atoms with Crippen LogP contribution in [0.3, 0.4) is 0 Å². The fraction of sp³-hybridized carbons (Fsp3) is 0.312. The Balaban J connectivity index is 2.13. The zero-order chi connectivity index (χ0) is 12.8. The SMILES string of the molecule is CCOCCCC(=O)c1cccc2ccccc12. The summed E-state index contributed by atoms with van der Waals surface area (Å²) in [5.74, 6) is 0.200. The zero-order valence-corrected chi connectivity index (χ0v) is 10.7. The lowest BCUT2D eigenvalue weighted by molar-refractivity contribution is 0.0948. The third kappa shape index (κ3) is 2.96. The highest BCUT2D eigenvalue weighted by molar-refractivity contribution is 6.08. The van der Waals surface area contributed by atoms with Crippen molar-refractivity contribution in [1.82, 2.24) is 0 Å². The Bertz CT molecular complexity index is 526. The first-order valence-corrected chi connectivity index (χ1v) is 6.41. The standard InChI is InChI=1S/C16H18O2/c1-2-18-12-6-11-16(17)15-10-5-8-13-7-3-4-9-14(13)15/h3-5,7-10H,2,6,11-12H2,1H3. The quantitative estimate of drug-likeness (QED) is 0.568. The second kappa shape index (κ2) is 6.31. The van der Waals surface area contributed by atoms with Gasteiger partial charge in [0.25, 0.3) is 0 Å². The molecule has 0 amide bonds. The van der Waals surface area contributed by atoms with E-state index in [4.69, 9.17) is 4.74 Å². The fourth-order valence-electron chi connectivity index (χ4n) is 2.08. The van der Waals surface area contributed by atoms with Crippen LogP contribution >= 0.6 is 0 Å². The van der Waals surface area contributed by atoms with E-state index in [1.807, 2.05) is 49.4 Å². The lowest BCUT2D eigenvalue weighted by atomic mass is 9.99. The van der Waals surface area contributed by atoms with Gasteiger partial charge >= 0.3 is 0 Å². The van der Waals surface area contributed by atoms with E-state index in [0.29, 0.717) is 19.6 Å². The van der Waals surface area contributed by atoms with Gasteiger partial charge in [0.2, 0.25) is 0 Å². The van der Waals surface area contributed by atoms with E-state index in [9.17, 15) is 4.79 Å². The summed E-state index contributed by atoms with van der Waals surface area (Å²) >= 11 is 0. The first kappa shape index (κ1) is 12.8. The van der Waals surface area contributed by atoms with Crippen molar-refractivity contribution in [2.45, 2.75) is 19.8 Å². The van der Waals surface area contributed by atoms with Crippen LogP contribution in [0.1, 0.15) is 30.1 Å². The molecule has 94 valence electrons. The number of carbonyl (C=O) groups is 1. The highest BCUT2D eigenvalue weighted by Crippen LogP contribution is 2.20. The van der Waals surface area contributed by atoms with Crippen molar-refractivity contribution in [2.24, 2.45) is 0 Å². The lowest BCUT2D eigenvalue weighted by Crippen LogP contribution is -2.03. The van der Waals surface area contributed by atoms with Crippen LogP contribution in [0.2, 0.25) is 0 Å². The molecular weight excluding hydrogens is 224 g/mol. The Kier molecular flexibility index (Phi) is 4.48. The van der Waals surface area contributed by atoms with E-state index >= 15 is 0 Å². The molecule has 0 aliphatic rings. The summed E-state index contributed by atoms with van der Waals surface area (Å²) < 4.78 is 5.26. The second-order valence-electron chi connectivity index (χ2n) is 4.25. The van der Waals surface area contributed by atoms with E-state index in [0.717, 1.165) is 22.8 Å². The van der Waals surface area contributed by atoms with Gasteiger partial charge in [-0.2, -0.15) is 0 Å². The van der Waals surface area contributed by atoms with Gasteiger partial charge in [-0.15, -0.1) is 0 Å². The zero-order valence-electron chi connectivity index (χ0n) is 10.7. The van der Waals surface area contributed by atoms with Crippen LogP contribution in [0, 0.1) is 0 Å². The molecule has 0 spiro atoms. The third-order valence-electron chi connectivity index (χ3n) is 2.99. The van der Waals surface area contributed by atoms with E-state index in [2.05, 4.69) is 0 Å². The molecule has 0 atom stereocenters. The minimum absolute atomic E-state index is 0.200. The van der Waals surface area contributed by atoms with Crippen molar-refractivity contribution in [2.75, 3.05) is 13.2 Å². The summed E-state index contributed by atoms with van der Waals surface area (Å²) in [7, 11) is 0. The summed E-state index contributed by atoms with van der Waals surface area (Å²) in [5, 5.41) is 2.16. The van der Waals surface area contributed by atoms with E-state index in [1.165, 1.54) is 0 Å². The van der Waals surface area contributed by atoms with Gasteiger partial charge in [-0.05, 0) is 24.1 Å². The summed E-state index contributed by atoms with van der Waals surface area (Å²) in [5.41, 5.74) is 0.824. The Morgan fingerprint density at radius 3 is 2.72 bits per heavy atom. The highest BCUT2D eigenvalue weighted by atomic mass is 16.5. The van der Waals surface area contributed by atoms with Crippen molar-refractivity contribution in [3.8, 4) is 0 Å². The van der Waals surface area contributed by atoms with E-state index in [-0.39, 0.29) is 5.78 Å².